The van der Waals surface area contributed by atoms with E-state index >= 15 is 0 Å². The fourth-order valence-corrected chi connectivity index (χ4v) is 1.48. The van der Waals surface area contributed by atoms with E-state index in [-0.39, 0.29) is 0 Å². The maximum Gasteiger partial charge on any atom is 0 e. The first-order chi connectivity index (χ1) is 3.89. The van der Waals surface area contributed by atoms with Crippen molar-refractivity contribution in [3.05, 3.63) is 0 Å². The molecule has 0 saturated heterocycles. The largest absolute Gasteiger partial charge is 0.0625 e. The second-order valence-electron chi connectivity index (χ2n) is 3.10. The Morgan fingerprint density at radius 1 is 0.889 bits per heavy atom. The van der Waals surface area contributed by atoms with Gasteiger partial charge in [0.05, 0.1) is 0 Å². The van der Waals surface area contributed by atoms with E-state index < -0.39 is 0 Å². The topological polar surface area (TPSA) is 0 Å². The summed E-state index contributed by atoms with van der Waals surface area (Å²) in [7, 11) is 0. The van der Waals surface area contributed by atoms with Gasteiger partial charge in [-0.05, 0) is 5.92 Å². The van der Waals surface area contributed by atoms with Gasteiger partial charge < -0.3 is 0 Å². The molecule has 1 fully saturated rings. The summed E-state index contributed by atoms with van der Waals surface area (Å²) in [5.41, 5.74) is 0. The standard InChI is InChI=1S/C8H16.No/c1-8-6-4-2-3-5-7-8;/h8H,2-7H2,1H3;. The Morgan fingerprint density at radius 3 is 1.78 bits per heavy atom. The van der Waals surface area contributed by atoms with Crippen molar-refractivity contribution >= 4 is 0 Å². The molecule has 0 aromatic rings. The minimum absolute atomic E-state index is 0. The van der Waals surface area contributed by atoms with Crippen molar-refractivity contribution in [1.82, 2.24) is 0 Å². The van der Waals surface area contributed by atoms with E-state index in [2.05, 4.69) is 6.92 Å². The Morgan fingerprint density at radius 2 is 1.33 bits per heavy atom. The van der Waals surface area contributed by atoms with E-state index in [1.54, 1.807) is 0 Å². The van der Waals surface area contributed by atoms with Gasteiger partial charge in [0.1, 0.15) is 0 Å². The minimum atomic E-state index is 0. The average molecular weight is 371 g/mol. The van der Waals surface area contributed by atoms with Gasteiger partial charge in [-0.15, -0.1) is 0 Å². The molecule has 1 rings (SSSR count). The van der Waals surface area contributed by atoms with Gasteiger partial charge >= 0.3 is 0 Å². The average Bonchev–Trinajstić information content (AvgIpc) is 1.94. The Kier molecular flexibility index (Phi) is 3.50. The van der Waals surface area contributed by atoms with Crippen LogP contribution in [0.15, 0.2) is 0 Å². The molecule has 0 N–H and O–H groups in total. The number of rotatable bonds is 0. The molecule has 1 heteroatoms. The third-order valence-corrected chi connectivity index (χ3v) is 2.14. The van der Waals surface area contributed by atoms with Gasteiger partial charge in [0, 0.05) is 0 Å². The zero-order chi connectivity index (χ0) is 5.82. The van der Waals surface area contributed by atoms with Crippen LogP contribution < -0.4 is 0 Å². The summed E-state index contributed by atoms with van der Waals surface area (Å²) < 4.78 is 0. The summed E-state index contributed by atoms with van der Waals surface area (Å²) in [5, 5.41) is 0. The predicted octanol–water partition coefficient (Wildman–Crippen LogP) is 2.98. The third kappa shape index (κ3) is 2.73. The summed E-state index contributed by atoms with van der Waals surface area (Å²) in [6, 6.07) is 0. The quantitative estimate of drug-likeness (QED) is 0.575. The zero-order valence-corrected chi connectivity index (χ0v) is 8.31. The maximum absolute atomic E-state index is 2.38. The van der Waals surface area contributed by atoms with Crippen molar-refractivity contribution in [1.29, 1.82) is 0 Å². The van der Waals surface area contributed by atoms with E-state index in [4.69, 9.17) is 0 Å². The molecule has 0 aromatic heterocycles. The van der Waals surface area contributed by atoms with Crippen LogP contribution in [-0.4, -0.2) is 0 Å². The van der Waals surface area contributed by atoms with Crippen LogP contribution in [0.25, 0.3) is 0 Å². The van der Waals surface area contributed by atoms with Crippen LogP contribution in [0.5, 0.6) is 0 Å². The van der Waals surface area contributed by atoms with Crippen LogP contribution in [0.4, 0.5) is 0 Å². The summed E-state index contributed by atoms with van der Waals surface area (Å²) >= 11 is 0. The molecule has 0 amide bonds. The van der Waals surface area contributed by atoms with Crippen LogP contribution >= 0.6 is 0 Å². The van der Waals surface area contributed by atoms with Crippen molar-refractivity contribution < 1.29 is 0 Å². The maximum atomic E-state index is 2.38. The van der Waals surface area contributed by atoms with Gasteiger partial charge in [0.25, 0.3) is 0 Å². The zero-order valence-electron chi connectivity index (χ0n) is 6.09. The Balaban J connectivity index is 0.000000640. The first-order valence-corrected chi connectivity index (χ1v) is 3.89. The Bertz CT molecular complexity index is 53.6. The molecule has 0 atom stereocenters. The van der Waals surface area contributed by atoms with Crippen LogP contribution in [0, 0.1) is 5.92 Å². The van der Waals surface area contributed by atoms with Crippen LogP contribution in [0.2, 0.25) is 0 Å². The second-order valence-corrected chi connectivity index (χ2v) is 3.10. The molecule has 0 aromatic carbocycles. The minimum Gasteiger partial charge on any atom is -0.0625 e. The molecule has 62 valence electrons. The number of hydrogen-bond acceptors (Lipinski definition) is 0. The van der Waals surface area contributed by atoms with Crippen molar-refractivity contribution in [2.75, 3.05) is 0 Å². The third-order valence-electron chi connectivity index (χ3n) is 2.14. The van der Waals surface area contributed by atoms with Gasteiger partial charge in [0.2, 0.25) is 0 Å². The number of hydrogen-bond donors (Lipinski definition) is 0. The molecule has 0 unspecified atom stereocenters. The van der Waals surface area contributed by atoms with Crippen molar-refractivity contribution in [3.63, 3.8) is 0 Å². The van der Waals surface area contributed by atoms with Crippen molar-refractivity contribution in [3.8, 4) is 0 Å². The van der Waals surface area contributed by atoms with Gasteiger partial charge in [-0.25, -0.2) is 0 Å². The molecular formula is C8H16No. The van der Waals surface area contributed by atoms with Crippen molar-refractivity contribution in [2.45, 2.75) is 45.4 Å². The van der Waals surface area contributed by atoms with Crippen LogP contribution in [0.1, 0.15) is 45.4 Å². The molecule has 1 aliphatic rings. The summed E-state index contributed by atoms with van der Waals surface area (Å²) in [4.78, 5) is 0. The first-order valence-electron chi connectivity index (χ1n) is 3.89. The summed E-state index contributed by atoms with van der Waals surface area (Å²) in [6.07, 6.45) is 8.93. The summed E-state index contributed by atoms with van der Waals surface area (Å²) in [6.45, 7) is 2.38. The molecule has 0 aliphatic heterocycles. The first kappa shape index (κ1) is 8.00. The van der Waals surface area contributed by atoms with E-state index in [9.17, 15) is 0 Å². The van der Waals surface area contributed by atoms with Crippen LogP contribution in [-0.2, 0) is 0 Å². The van der Waals surface area contributed by atoms with E-state index in [0.29, 0.717) is 0 Å². The fourth-order valence-electron chi connectivity index (χ4n) is 1.48. The molecular weight excluding hydrogens is 355 g/mol. The monoisotopic (exact) mass is 371 g/mol. The fraction of sp³-hybridized carbons (Fsp3) is 1.00. The molecule has 1 aliphatic carbocycles. The summed E-state index contributed by atoms with van der Waals surface area (Å²) in [5.74, 6) is 1.03. The molecule has 1 saturated carbocycles. The van der Waals surface area contributed by atoms with E-state index in [1.807, 2.05) is 0 Å². The van der Waals surface area contributed by atoms with Crippen LogP contribution in [0.3, 0.4) is 0 Å². The molecule has 0 radical (unpaired) electrons. The van der Waals surface area contributed by atoms with Gasteiger partial charge in [-0.2, -0.15) is 0 Å². The normalized spacial score (nSPS) is 22.3. The second kappa shape index (κ2) is 3.94. The molecule has 0 spiro atoms. The SMILES string of the molecule is CC1CCCCCC1.[No]. The van der Waals surface area contributed by atoms with Crippen molar-refractivity contribution in [2.24, 2.45) is 5.92 Å². The van der Waals surface area contributed by atoms with Gasteiger partial charge in [-0.1, -0.05) is 45.4 Å². The Labute approximate surface area is 52.3 Å². The molecule has 0 bridgehead atoms. The Hall–Kier alpha value is -1.00. The molecule has 9 heavy (non-hydrogen) atoms. The molecule has 0 nitrogen and oxygen atoms in total. The van der Waals surface area contributed by atoms with Gasteiger partial charge in [-0.3, -0.25) is 0 Å². The molecule has 0 heterocycles. The smallest absolute Gasteiger partial charge is 0 e. The van der Waals surface area contributed by atoms with Gasteiger partial charge in [0.15, 0.2) is 0 Å². The predicted molar refractivity (Wildman–Crippen MR) is 36.9 cm³/mol. The van der Waals surface area contributed by atoms with E-state index in [1.165, 1.54) is 38.5 Å². The van der Waals surface area contributed by atoms with E-state index in [0.717, 1.165) is 5.92 Å².